The van der Waals surface area contributed by atoms with Gasteiger partial charge in [0.15, 0.2) is 5.17 Å². The molecule has 0 atom stereocenters. The van der Waals surface area contributed by atoms with Crippen LogP contribution in [0.4, 0.5) is 10.1 Å². The number of rotatable bonds is 2. The van der Waals surface area contributed by atoms with Crippen LogP contribution in [0.25, 0.3) is 16.8 Å². The number of carbonyl (C=O) groups is 1. The van der Waals surface area contributed by atoms with Crippen molar-refractivity contribution in [1.29, 1.82) is 0 Å². The van der Waals surface area contributed by atoms with Crippen molar-refractivity contribution in [3.05, 3.63) is 83.0 Å². The van der Waals surface area contributed by atoms with Crippen LogP contribution in [0.1, 0.15) is 5.56 Å². The van der Waals surface area contributed by atoms with Gasteiger partial charge in [0.2, 0.25) is 0 Å². The predicted octanol–water partition coefficient (Wildman–Crippen LogP) is 4.87. The Morgan fingerprint density at radius 1 is 0.960 bits per heavy atom. The maximum absolute atomic E-state index is 13.8. The first-order chi connectivity index (χ1) is 12.2. The Labute approximate surface area is 148 Å². The molecule has 0 saturated carbocycles. The first-order valence-electron chi connectivity index (χ1n) is 7.72. The van der Waals surface area contributed by atoms with Gasteiger partial charge in [-0.15, -0.1) is 0 Å². The quantitative estimate of drug-likeness (QED) is 0.671. The zero-order valence-electron chi connectivity index (χ0n) is 13.1. The van der Waals surface area contributed by atoms with Crippen molar-refractivity contribution in [3.8, 4) is 0 Å². The predicted molar refractivity (Wildman–Crippen MR) is 101 cm³/mol. The number of nitrogens with zero attached hydrogens (tertiary/aromatic N) is 1. The van der Waals surface area contributed by atoms with Gasteiger partial charge in [0, 0.05) is 10.9 Å². The van der Waals surface area contributed by atoms with Crippen LogP contribution in [0, 0.1) is 5.82 Å². The van der Waals surface area contributed by atoms with E-state index in [4.69, 9.17) is 0 Å². The van der Waals surface area contributed by atoms with Crippen molar-refractivity contribution < 1.29 is 9.18 Å². The summed E-state index contributed by atoms with van der Waals surface area (Å²) in [5, 5.41) is 5.33. The average Bonchev–Trinajstić information content (AvgIpc) is 2.96. The molecule has 1 fully saturated rings. The van der Waals surface area contributed by atoms with Crippen molar-refractivity contribution in [2.75, 3.05) is 0 Å². The van der Waals surface area contributed by atoms with Crippen LogP contribution in [0.15, 0.2) is 76.6 Å². The maximum Gasteiger partial charge on any atom is 0.264 e. The summed E-state index contributed by atoms with van der Waals surface area (Å²) >= 11 is 1.21. The van der Waals surface area contributed by atoms with Gasteiger partial charge in [0.25, 0.3) is 5.91 Å². The number of thioether (sulfide) groups is 1. The molecular formula is C20H13FN2OS. The molecule has 3 nitrogen and oxygen atoms in total. The third kappa shape index (κ3) is 3.19. The van der Waals surface area contributed by atoms with Gasteiger partial charge in [0.05, 0.1) is 10.6 Å². The van der Waals surface area contributed by atoms with Crippen LogP contribution in [0.5, 0.6) is 0 Å². The number of carbonyl (C=O) groups excluding carboxylic acids is 1. The Morgan fingerprint density at radius 2 is 1.72 bits per heavy atom. The Hall–Kier alpha value is -2.92. The van der Waals surface area contributed by atoms with Crippen LogP contribution in [-0.2, 0) is 4.79 Å². The maximum atomic E-state index is 13.8. The summed E-state index contributed by atoms with van der Waals surface area (Å²) in [6.07, 6.45) is 1.54. The van der Waals surface area contributed by atoms with E-state index in [1.165, 1.54) is 17.8 Å². The summed E-state index contributed by atoms with van der Waals surface area (Å²) in [6, 6.07) is 20.1. The molecule has 1 saturated heterocycles. The van der Waals surface area contributed by atoms with Crippen LogP contribution in [0.2, 0.25) is 0 Å². The first-order valence-corrected chi connectivity index (χ1v) is 8.54. The fourth-order valence-corrected chi connectivity index (χ4v) is 3.45. The van der Waals surface area contributed by atoms with E-state index >= 15 is 0 Å². The number of amides is 1. The van der Waals surface area contributed by atoms with Gasteiger partial charge >= 0.3 is 0 Å². The molecule has 1 amide bonds. The molecule has 5 heteroatoms. The van der Waals surface area contributed by atoms with Gasteiger partial charge < -0.3 is 5.32 Å². The van der Waals surface area contributed by atoms with E-state index in [-0.39, 0.29) is 11.7 Å². The molecule has 0 radical (unpaired) electrons. The molecule has 0 bridgehead atoms. The van der Waals surface area contributed by atoms with Crippen LogP contribution >= 0.6 is 11.8 Å². The minimum atomic E-state index is -0.358. The average molecular weight is 348 g/mol. The van der Waals surface area contributed by atoms with Gasteiger partial charge in [-0.3, -0.25) is 4.79 Å². The zero-order valence-corrected chi connectivity index (χ0v) is 13.9. The molecule has 1 aliphatic rings. The van der Waals surface area contributed by atoms with Gasteiger partial charge in [-0.2, -0.15) is 0 Å². The Bertz CT molecular complexity index is 1040. The van der Waals surface area contributed by atoms with Gasteiger partial charge in [-0.1, -0.05) is 54.6 Å². The second-order valence-electron chi connectivity index (χ2n) is 5.50. The lowest BCUT2D eigenvalue weighted by atomic mass is 10.1. The number of benzene rings is 3. The number of aliphatic imine (C=N–C) groups is 1. The van der Waals surface area contributed by atoms with Crippen molar-refractivity contribution in [2.24, 2.45) is 4.99 Å². The Balaban J connectivity index is 1.68. The number of fused-ring (bicyclic) bond motifs is 1. The van der Waals surface area contributed by atoms with Crippen molar-refractivity contribution >= 4 is 45.4 Å². The highest BCUT2D eigenvalue weighted by Crippen LogP contribution is 2.31. The standard InChI is InChI=1S/C20H13FN2OS/c21-16-10-4-2-7-14(16)12-18-19(24)23-20(25-18)22-17-11-5-8-13-6-1-3-9-15(13)17/h1-12H,(H,22,23,24). The summed E-state index contributed by atoms with van der Waals surface area (Å²) in [5.74, 6) is -0.630. The van der Waals surface area contributed by atoms with E-state index in [2.05, 4.69) is 10.3 Å². The molecule has 0 aliphatic carbocycles. The molecule has 0 aromatic heterocycles. The molecule has 1 heterocycles. The van der Waals surface area contributed by atoms with Crippen molar-refractivity contribution in [3.63, 3.8) is 0 Å². The monoisotopic (exact) mass is 348 g/mol. The summed E-state index contributed by atoms with van der Waals surface area (Å²) in [5.41, 5.74) is 1.17. The molecule has 1 aliphatic heterocycles. The van der Waals surface area contributed by atoms with E-state index in [9.17, 15) is 9.18 Å². The minimum Gasteiger partial charge on any atom is -0.300 e. The lowest BCUT2D eigenvalue weighted by Crippen LogP contribution is -2.19. The summed E-state index contributed by atoms with van der Waals surface area (Å²) in [4.78, 5) is 17.1. The molecule has 25 heavy (non-hydrogen) atoms. The third-order valence-electron chi connectivity index (χ3n) is 3.83. The highest BCUT2D eigenvalue weighted by Gasteiger charge is 2.24. The summed E-state index contributed by atoms with van der Waals surface area (Å²) < 4.78 is 13.8. The van der Waals surface area contributed by atoms with Crippen molar-refractivity contribution in [2.45, 2.75) is 0 Å². The lowest BCUT2D eigenvalue weighted by molar-refractivity contribution is -0.115. The SMILES string of the molecule is O=C1NC(=Nc2cccc3ccccc23)SC1=Cc1ccccc1F. The van der Waals surface area contributed by atoms with Gasteiger partial charge in [0.1, 0.15) is 5.82 Å². The van der Waals surface area contributed by atoms with Crippen LogP contribution in [0.3, 0.4) is 0 Å². The zero-order chi connectivity index (χ0) is 17.2. The second-order valence-corrected chi connectivity index (χ2v) is 6.53. The molecular weight excluding hydrogens is 335 g/mol. The van der Waals surface area contributed by atoms with Crippen LogP contribution in [-0.4, -0.2) is 11.1 Å². The molecule has 3 aromatic carbocycles. The number of amidine groups is 1. The minimum absolute atomic E-state index is 0.271. The number of nitrogens with one attached hydrogen (secondary N) is 1. The highest BCUT2D eigenvalue weighted by atomic mass is 32.2. The molecule has 0 unspecified atom stereocenters. The normalized spacial score (nSPS) is 17.4. The topological polar surface area (TPSA) is 41.5 Å². The summed E-state index contributed by atoms with van der Waals surface area (Å²) in [6.45, 7) is 0. The number of hydrogen-bond acceptors (Lipinski definition) is 3. The first kappa shape index (κ1) is 15.6. The number of halogens is 1. The Kier molecular flexibility index (Phi) is 4.07. The van der Waals surface area contributed by atoms with E-state index in [1.54, 1.807) is 24.3 Å². The van der Waals surface area contributed by atoms with E-state index in [0.29, 0.717) is 15.6 Å². The van der Waals surface area contributed by atoms with Gasteiger partial charge in [-0.05, 0) is 35.4 Å². The number of hydrogen-bond donors (Lipinski definition) is 1. The fourth-order valence-electron chi connectivity index (χ4n) is 2.63. The smallest absolute Gasteiger partial charge is 0.264 e. The van der Waals surface area contributed by atoms with Crippen LogP contribution < -0.4 is 5.32 Å². The van der Waals surface area contributed by atoms with Crippen molar-refractivity contribution in [1.82, 2.24) is 5.32 Å². The molecule has 0 spiro atoms. The molecule has 3 aromatic rings. The highest BCUT2D eigenvalue weighted by molar-refractivity contribution is 8.18. The largest absolute Gasteiger partial charge is 0.300 e. The molecule has 122 valence electrons. The second kappa shape index (κ2) is 6.53. The van der Waals surface area contributed by atoms with E-state index in [1.807, 2.05) is 42.5 Å². The molecule has 4 rings (SSSR count). The van der Waals surface area contributed by atoms with E-state index < -0.39 is 0 Å². The third-order valence-corrected chi connectivity index (χ3v) is 4.74. The molecule has 1 N–H and O–H groups in total. The fraction of sp³-hybridized carbons (Fsp3) is 0. The van der Waals surface area contributed by atoms with E-state index in [0.717, 1.165) is 16.5 Å². The lowest BCUT2D eigenvalue weighted by Gasteiger charge is -2.02. The Morgan fingerprint density at radius 3 is 2.60 bits per heavy atom. The van der Waals surface area contributed by atoms with Gasteiger partial charge in [-0.25, -0.2) is 9.38 Å². The summed E-state index contributed by atoms with van der Waals surface area (Å²) in [7, 11) is 0.